The Kier molecular flexibility index (Phi) is 6.59. The highest BCUT2D eigenvalue weighted by Gasteiger charge is 2.31. The van der Waals surface area contributed by atoms with Crippen LogP contribution >= 0.6 is 0 Å². The zero-order chi connectivity index (χ0) is 27.6. The summed E-state index contributed by atoms with van der Waals surface area (Å²) in [6.07, 6.45) is 0. The number of carbonyl (C=O) groups excluding carboxylic acids is 2. The first kappa shape index (κ1) is 25.1. The van der Waals surface area contributed by atoms with Crippen LogP contribution < -0.4 is 0 Å². The van der Waals surface area contributed by atoms with Crippen LogP contribution in [-0.2, 0) is 0 Å². The van der Waals surface area contributed by atoms with Gasteiger partial charge in [-0.2, -0.15) is 0 Å². The molecule has 0 radical (unpaired) electrons. The molecule has 4 nitrogen and oxygen atoms in total. The molecule has 4 heteroatoms. The molecular formula is C36H28N2O2. The van der Waals surface area contributed by atoms with Crippen molar-refractivity contribution in [3.8, 4) is 56.2 Å². The molecular weight excluding hydrogens is 492 g/mol. The number of Topliss-reactive ketones (excluding diaryl/α,β-unsaturated/α-hetero) is 2. The van der Waals surface area contributed by atoms with E-state index in [4.69, 9.17) is 0 Å². The lowest BCUT2D eigenvalue weighted by molar-refractivity contribution is 0.100. The van der Waals surface area contributed by atoms with E-state index in [1.165, 1.54) is 0 Å². The number of aromatic nitrogens is 2. The summed E-state index contributed by atoms with van der Waals surface area (Å²) >= 11 is 0. The van der Waals surface area contributed by atoms with Crippen LogP contribution in [0.15, 0.2) is 121 Å². The minimum atomic E-state index is -0.0803. The summed E-state index contributed by atoms with van der Waals surface area (Å²) in [5.74, 6) is -0.161. The van der Waals surface area contributed by atoms with Gasteiger partial charge in [0.25, 0.3) is 0 Å². The second kappa shape index (κ2) is 10.5. The lowest BCUT2D eigenvalue weighted by Gasteiger charge is -2.12. The van der Waals surface area contributed by atoms with Crippen molar-refractivity contribution in [1.82, 2.24) is 9.97 Å². The average Bonchev–Trinajstić information content (AvgIpc) is 3.59. The summed E-state index contributed by atoms with van der Waals surface area (Å²) in [7, 11) is 0. The van der Waals surface area contributed by atoms with Crippen molar-refractivity contribution < 1.29 is 9.59 Å². The Balaban J connectivity index is 1.80. The first-order chi connectivity index (χ1) is 19.5. The number of rotatable bonds is 7. The number of hydrogen-bond donors (Lipinski definition) is 2. The van der Waals surface area contributed by atoms with Crippen LogP contribution in [0.2, 0.25) is 0 Å². The van der Waals surface area contributed by atoms with E-state index in [-0.39, 0.29) is 11.6 Å². The third-order valence-corrected chi connectivity index (χ3v) is 7.20. The molecule has 2 aromatic heterocycles. The van der Waals surface area contributed by atoms with Crippen LogP contribution in [0.25, 0.3) is 56.2 Å². The molecule has 2 heterocycles. The summed E-state index contributed by atoms with van der Waals surface area (Å²) in [6, 6.07) is 39.7. The van der Waals surface area contributed by atoms with Gasteiger partial charge >= 0.3 is 0 Å². The molecule has 0 spiro atoms. The zero-order valence-corrected chi connectivity index (χ0v) is 22.4. The maximum Gasteiger partial charge on any atom is 0.162 e. The molecule has 0 aliphatic heterocycles. The van der Waals surface area contributed by atoms with Crippen molar-refractivity contribution in [1.29, 1.82) is 0 Å². The molecule has 4 aromatic carbocycles. The highest BCUT2D eigenvalue weighted by atomic mass is 16.1. The monoisotopic (exact) mass is 520 g/mol. The molecule has 0 aliphatic carbocycles. The van der Waals surface area contributed by atoms with Crippen LogP contribution in [0.3, 0.4) is 0 Å². The third kappa shape index (κ3) is 4.40. The van der Waals surface area contributed by atoms with E-state index in [2.05, 4.69) is 9.97 Å². The minimum Gasteiger partial charge on any atom is -0.353 e. The summed E-state index contributed by atoms with van der Waals surface area (Å²) in [5.41, 5.74) is 9.28. The molecule has 0 saturated carbocycles. The average molecular weight is 521 g/mol. The number of nitrogens with one attached hydrogen (secondary N) is 2. The summed E-state index contributed by atoms with van der Waals surface area (Å²) in [6.45, 7) is 3.18. The number of benzene rings is 4. The molecule has 0 bridgehead atoms. The highest BCUT2D eigenvalue weighted by Crippen LogP contribution is 2.48. The SMILES string of the molecule is CC(=O)c1c(-c2ccccc2)[nH]c(-c2ccccc2)c1-c1c(-c2ccccc2)[nH]c(-c2ccccc2)c1C(C)=O. The highest BCUT2D eigenvalue weighted by molar-refractivity contribution is 6.17. The Bertz CT molecular complexity index is 1680. The smallest absolute Gasteiger partial charge is 0.162 e. The molecule has 0 atom stereocenters. The van der Waals surface area contributed by atoms with Crippen molar-refractivity contribution >= 4 is 11.6 Å². The van der Waals surface area contributed by atoms with E-state index in [0.717, 1.165) is 56.2 Å². The van der Waals surface area contributed by atoms with Gasteiger partial charge in [-0.1, -0.05) is 121 Å². The largest absolute Gasteiger partial charge is 0.353 e. The molecule has 0 amide bonds. The summed E-state index contributed by atoms with van der Waals surface area (Å²) in [4.78, 5) is 34.4. The third-order valence-electron chi connectivity index (χ3n) is 7.20. The lowest BCUT2D eigenvalue weighted by atomic mass is 9.88. The topological polar surface area (TPSA) is 65.7 Å². The van der Waals surface area contributed by atoms with Crippen molar-refractivity contribution in [3.63, 3.8) is 0 Å². The van der Waals surface area contributed by atoms with Gasteiger partial charge in [0.2, 0.25) is 0 Å². The molecule has 6 aromatic rings. The van der Waals surface area contributed by atoms with Gasteiger partial charge in [-0.05, 0) is 36.1 Å². The number of hydrogen-bond acceptors (Lipinski definition) is 2. The molecule has 2 N–H and O–H groups in total. The summed E-state index contributed by atoms with van der Waals surface area (Å²) in [5, 5.41) is 0. The first-order valence-corrected chi connectivity index (χ1v) is 13.3. The van der Waals surface area contributed by atoms with E-state index >= 15 is 0 Å². The van der Waals surface area contributed by atoms with E-state index in [1.54, 1.807) is 13.8 Å². The van der Waals surface area contributed by atoms with Gasteiger partial charge in [0.05, 0.1) is 33.9 Å². The van der Waals surface area contributed by atoms with Gasteiger partial charge in [-0.25, -0.2) is 0 Å². The number of H-pyrrole nitrogens is 2. The minimum absolute atomic E-state index is 0.0803. The van der Waals surface area contributed by atoms with Gasteiger partial charge in [0.1, 0.15) is 0 Å². The van der Waals surface area contributed by atoms with Crippen LogP contribution in [0.4, 0.5) is 0 Å². The second-order valence-electron chi connectivity index (χ2n) is 9.83. The molecule has 0 saturated heterocycles. The van der Waals surface area contributed by atoms with Gasteiger partial charge in [0, 0.05) is 11.1 Å². The van der Waals surface area contributed by atoms with Crippen LogP contribution in [0, 0.1) is 0 Å². The summed E-state index contributed by atoms with van der Waals surface area (Å²) < 4.78 is 0. The fourth-order valence-electron chi connectivity index (χ4n) is 5.49. The maximum absolute atomic E-state index is 13.6. The van der Waals surface area contributed by atoms with Gasteiger partial charge < -0.3 is 9.97 Å². The normalized spacial score (nSPS) is 10.9. The van der Waals surface area contributed by atoms with Crippen molar-refractivity contribution in [2.45, 2.75) is 13.8 Å². The van der Waals surface area contributed by atoms with E-state index in [9.17, 15) is 9.59 Å². The van der Waals surface area contributed by atoms with Crippen molar-refractivity contribution in [3.05, 3.63) is 132 Å². The predicted molar refractivity (Wildman–Crippen MR) is 162 cm³/mol. The van der Waals surface area contributed by atoms with E-state index < -0.39 is 0 Å². The molecule has 194 valence electrons. The number of carbonyl (C=O) groups is 2. The van der Waals surface area contributed by atoms with Crippen LogP contribution in [0.5, 0.6) is 0 Å². The van der Waals surface area contributed by atoms with E-state index in [1.807, 2.05) is 121 Å². The number of aromatic amines is 2. The Morgan fingerprint density at radius 1 is 0.400 bits per heavy atom. The Morgan fingerprint density at radius 3 is 0.900 bits per heavy atom. The quantitative estimate of drug-likeness (QED) is 0.206. The fourth-order valence-corrected chi connectivity index (χ4v) is 5.49. The van der Waals surface area contributed by atoms with Gasteiger partial charge in [-0.15, -0.1) is 0 Å². The molecule has 0 fully saturated rings. The molecule has 40 heavy (non-hydrogen) atoms. The second-order valence-corrected chi connectivity index (χ2v) is 9.83. The van der Waals surface area contributed by atoms with Gasteiger partial charge in [0.15, 0.2) is 11.6 Å². The van der Waals surface area contributed by atoms with Crippen LogP contribution in [0.1, 0.15) is 34.6 Å². The molecule has 0 unspecified atom stereocenters. The Hall–Kier alpha value is -5.22. The zero-order valence-electron chi connectivity index (χ0n) is 22.4. The van der Waals surface area contributed by atoms with Crippen molar-refractivity contribution in [2.75, 3.05) is 0 Å². The van der Waals surface area contributed by atoms with E-state index in [0.29, 0.717) is 11.1 Å². The lowest BCUT2D eigenvalue weighted by Crippen LogP contribution is -2.01. The Labute approximate surface area is 233 Å². The maximum atomic E-state index is 13.6. The van der Waals surface area contributed by atoms with Gasteiger partial charge in [-0.3, -0.25) is 9.59 Å². The fraction of sp³-hybridized carbons (Fsp3) is 0.0556. The van der Waals surface area contributed by atoms with Crippen molar-refractivity contribution in [2.24, 2.45) is 0 Å². The van der Waals surface area contributed by atoms with Crippen LogP contribution in [-0.4, -0.2) is 21.5 Å². The number of ketones is 2. The predicted octanol–water partition coefficient (Wildman–Crippen LogP) is 9.08. The standard InChI is InChI=1S/C36H28N2O2/c1-23(39)29-31(35(27-19-11-5-12-20-27)37-33(29)25-15-7-3-8-16-25)32-30(24(2)40)34(26-17-9-4-10-18-26)38-36(32)28-21-13-6-14-22-28/h3-22,37-38H,1-2H3. The Morgan fingerprint density at radius 2 is 0.650 bits per heavy atom. The first-order valence-electron chi connectivity index (χ1n) is 13.3. The molecule has 6 rings (SSSR count). The molecule has 0 aliphatic rings.